The van der Waals surface area contributed by atoms with Gasteiger partial charge in [0.05, 0.1) is 0 Å². The molecule has 0 bridgehead atoms. The summed E-state index contributed by atoms with van der Waals surface area (Å²) in [7, 11) is 1.82. The van der Waals surface area contributed by atoms with E-state index < -0.39 is 0 Å². The zero-order valence-corrected chi connectivity index (χ0v) is 12.9. The van der Waals surface area contributed by atoms with Crippen molar-refractivity contribution in [2.24, 2.45) is 0 Å². The predicted molar refractivity (Wildman–Crippen MR) is 76.2 cm³/mol. The number of hydrogen-bond acceptors (Lipinski definition) is 1. The second-order valence-corrected chi connectivity index (χ2v) is 5.77. The zero-order chi connectivity index (χ0) is 13.2. The van der Waals surface area contributed by atoms with E-state index in [1.165, 1.54) is 0 Å². The standard InChI is InChI=1S/C13H17BrClNO/c1-9-7-10(15)5-6-11(9)12(17)16(4)13(2,3)8-14/h5-7H,8H2,1-4H3. The highest BCUT2D eigenvalue weighted by Crippen LogP contribution is 2.21. The lowest BCUT2D eigenvalue weighted by molar-refractivity contribution is 0.0663. The molecule has 94 valence electrons. The molecule has 0 spiro atoms. The first-order chi connectivity index (χ1) is 7.79. The fourth-order valence-electron chi connectivity index (χ4n) is 1.41. The van der Waals surface area contributed by atoms with Crippen molar-refractivity contribution in [2.75, 3.05) is 12.4 Å². The lowest BCUT2D eigenvalue weighted by Gasteiger charge is -2.34. The third-order valence-corrected chi connectivity index (χ3v) is 4.57. The molecule has 0 heterocycles. The van der Waals surface area contributed by atoms with Crippen LogP contribution in [0.4, 0.5) is 0 Å². The third-order valence-electron chi connectivity index (χ3n) is 2.96. The van der Waals surface area contributed by atoms with Crippen LogP contribution in [0, 0.1) is 6.92 Å². The molecule has 0 aliphatic rings. The van der Waals surface area contributed by atoms with Gasteiger partial charge in [-0.15, -0.1) is 0 Å². The van der Waals surface area contributed by atoms with Gasteiger partial charge in [0.15, 0.2) is 0 Å². The van der Waals surface area contributed by atoms with Crippen molar-refractivity contribution in [3.8, 4) is 0 Å². The van der Waals surface area contributed by atoms with Crippen molar-refractivity contribution in [1.29, 1.82) is 0 Å². The highest BCUT2D eigenvalue weighted by Gasteiger charge is 2.27. The van der Waals surface area contributed by atoms with Crippen LogP contribution in [-0.4, -0.2) is 28.7 Å². The summed E-state index contributed by atoms with van der Waals surface area (Å²) in [4.78, 5) is 14.1. The van der Waals surface area contributed by atoms with Gasteiger partial charge in [-0.05, 0) is 44.5 Å². The molecule has 0 aromatic heterocycles. The summed E-state index contributed by atoms with van der Waals surface area (Å²) in [5, 5.41) is 1.39. The van der Waals surface area contributed by atoms with Crippen LogP contribution in [0.15, 0.2) is 18.2 Å². The van der Waals surface area contributed by atoms with Crippen LogP contribution in [0.3, 0.4) is 0 Å². The summed E-state index contributed by atoms with van der Waals surface area (Å²) in [5.74, 6) is 0.0172. The highest BCUT2D eigenvalue weighted by molar-refractivity contribution is 9.09. The van der Waals surface area contributed by atoms with Crippen molar-refractivity contribution in [2.45, 2.75) is 26.3 Å². The van der Waals surface area contributed by atoms with Crippen molar-refractivity contribution in [1.82, 2.24) is 4.90 Å². The van der Waals surface area contributed by atoms with E-state index in [1.54, 1.807) is 17.0 Å². The molecule has 2 nitrogen and oxygen atoms in total. The number of carbonyl (C=O) groups is 1. The minimum absolute atomic E-state index is 0.0172. The maximum absolute atomic E-state index is 12.3. The Morgan fingerprint density at radius 1 is 1.47 bits per heavy atom. The first kappa shape index (κ1) is 14.5. The molecule has 0 N–H and O–H groups in total. The average molecular weight is 319 g/mol. The molecule has 17 heavy (non-hydrogen) atoms. The SMILES string of the molecule is Cc1cc(Cl)ccc1C(=O)N(C)C(C)(C)CBr. The van der Waals surface area contributed by atoms with Crippen LogP contribution in [0.25, 0.3) is 0 Å². The van der Waals surface area contributed by atoms with E-state index >= 15 is 0 Å². The summed E-state index contributed by atoms with van der Waals surface area (Å²) in [5.41, 5.74) is 1.38. The second-order valence-electron chi connectivity index (χ2n) is 4.77. The van der Waals surface area contributed by atoms with Gasteiger partial charge in [-0.25, -0.2) is 0 Å². The van der Waals surface area contributed by atoms with E-state index in [0.717, 1.165) is 10.9 Å². The van der Waals surface area contributed by atoms with Gasteiger partial charge in [0.2, 0.25) is 0 Å². The summed E-state index contributed by atoms with van der Waals surface area (Å²) in [6.07, 6.45) is 0. The molecule has 1 rings (SSSR count). The molecule has 0 aliphatic heterocycles. The zero-order valence-electron chi connectivity index (χ0n) is 10.6. The Labute approximate surface area is 116 Å². The van der Waals surface area contributed by atoms with Crippen molar-refractivity contribution in [3.63, 3.8) is 0 Å². The van der Waals surface area contributed by atoms with Gasteiger partial charge >= 0.3 is 0 Å². The number of carbonyl (C=O) groups excluding carboxylic acids is 1. The second kappa shape index (κ2) is 5.40. The fraction of sp³-hybridized carbons (Fsp3) is 0.462. The lowest BCUT2D eigenvalue weighted by Crippen LogP contribution is -2.46. The van der Waals surface area contributed by atoms with Gasteiger partial charge in [0, 0.05) is 28.5 Å². The number of alkyl halides is 1. The quantitative estimate of drug-likeness (QED) is 0.774. The Kier molecular flexibility index (Phi) is 4.62. The number of hydrogen-bond donors (Lipinski definition) is 0. The summed E-state index contributed by atoms with van der Waals surface area (Å²) >= 11 is 9.31. The summed E-state index contributed by atoms with van der Waals surface area (Å²) < 4.78 is 0. The van der Waals surface area contributed by atoms with Gasteiger partial charge in [0.1, 0.15) is 0 Å². The van der Waals surface area contributed by atoms with Gasteiger partial charge in [0.25, 0.3) is 5.91 Å². The van der Waals surface area contributed by atoms with Crippen LogP contribution < -0.4 is 0 Å². The molecule has 0 radical (unpaired) electrons. The molecule has 0 fully saturated rings. The fourth-order valence-corrected chi connectivity index (χ4v) is 2.02. The molecule has 0 saturated carbocycles. The predicted octanol–water partition coefficient (Wildman–Crippen LogP) is 3.89. The van der Waals surface area contributed by atoms with E-state index in [-0.39, 0.29) is 11.4 Å². The monoisotopic (exact) mass is 317 g/mol. The number of nitrogens with zero attached hydrogens (tertiary/aromatic N) is 1. The Bertz CT molecular complexity index is 431. The molecule has 1 amide bonds. The minimum atomic E-state index is -0.219. The van der Waals surface area contributed by atoms with Gasteiger partial charge in [-0.2, -0.15) is 0 Å². The van der Waals surface area contributed by atoms with Crippen LogP contribution in [0.2, 0.25) is 5.02 Å². The van der Waals surface area contributed by atoms with Gasteiger partial charge in [-0.3, -0.25) is 4.79 Å². The normalized spacial score (nSPS) is 11.4. The number of halogens is 2. The molecule has 1 aromatic carbocycles. The first-order valence-corrected chi connectivity index (χ1v) is 6.90. The molecule has 0 saturated heterocycles. The maximum atomic E-state index is 12.3. The van der Waals surface area contributed by atoms with Gasteiger partial charge in [-0.1, -0.05) is 27.5 Å². The van der Waals surface area contributed by atoms with Crippen molar-refractivity contribution >= 4 is 33.4 Å². The largest absolute Gasteiger partial charge is 0.336 e. The number of amides is 1. The Hall–Kier alpha value is -0.540. The van der Waals surface area contributed by atoms with E-state index in [0.29, 0.717) is 10.6 Å². The Morgan fingerprint density at radius 3 is 2.53 bits per heavy atom. The molecule has 0 unspecified atom stereocenters. The maximum Gasteiger partial charge on any atom is 0.254 e. The van der Waals surface area contributed by atoms with Crippen LogP contribution in [0.5, 0.6) is 0 Å². The van der Waals surface area contributed by atoms with Crippen molar-refractivity contribution < 1.29 is 4.79 Å². The van der Waals surface area contributed by atoms with E-state index in [9.17, 15) is 4.79 Å². The molecular weight excluding hydrogens is 302 g/mol. The van der Waals surface area contributed by atoms with Crippen molar-refractivity contribution in [3.05, 3.63) is 34.3 Å². The molecule has 4 heteroatoms. The number of aryl methyl sites for hydroxylation is 1. The molecule has 1 aromatic rings. The topological polar surface area (TPSA) is 20.3 Å². The smallest absolute Gasteiger partial charge is 0.254 e. The Balaban J connectivity index is 3.05. The highest BCUT2D eigenvalue weighted by atomic mass is 79.9. The van der Waals surface area contributed by atoms with E-state index in [4.69, 9.17) is 11.6 Å². The number of benzene rings is 1. The lowest BCUT2D eigenvalue weighted by atomic mass is 10.0. The van der Waals surface area contributed by atoms with E-state index in [1.807, 2.05) is 33.9 Å². The van der Waals surface area contributed by atoms with E-state index in [2.05, 4.69) is 15.9 Å². The van der Waals surface area contributed by atoms with Crippen LogP contribution >= 0.6 is 27.5 Å². The molecule has 0 aliphatic carbocycles. The molecule has 0 atom stereocenters. The average Bonchev–Trinajstić information content (AvgIpc) is 2.27. The summed E-state index contributed by atoms with van der Waals surface area (Å²) in [6.45, 7) is 5.93. The molecular formula is C13H17BrClNO. The van der Waals surface area contributed by atoms with Crippen LogP contribution in [-0.2, 0) is 0 Å². The van der Waals surface area contributed by atoms with Gasteiger partial charge < -0.3 is 4.90 Å². The van der Waals surface area contributed by atoms with Crippen LogP contribution in [0.1, 0.15) is 29.8 Å². The summed E-state index contributed by atoms with van der Waals surface area (Å²) in [6, 6.07) is 5.33. The minimum Gasteiger partial charge on any atom is -0.336 e. The number of rotatable bonds is 3. The first-order valence-electron chi connectivity index (χ1n) is 5.40. The third kappa shape index (κ3) is 3.23. The Morgan fingerprint density at radius 2 is 2.06 bits per heavy atom.